The molecule has 0 amide bonds. The molecule has 0 N–H and O–H groups in total. The molecule has 0 heterocycles. The smallest absolute Gasteiger partial charge is 0.205 e. The lowest BCUT2D eigenvalue weighted by molar-refractivity contribution is 0.151. The lowest BCUT2D eigenvalue weighted by Crippen LogP contribution is -1.86. The zero-order chi connectivity index (χ0) is 9.14. The largest absolute Gasteiger partial charge is 0.263 e. The van der Waals surface area contributed by atoms with Crippen molar-refractivity contribution in [1.29, 1.82) is 0 Å². The van der Waals surface area contributed by atoms with Crippen LogP contribution in [0.15, 0.2) is 22.7 Å². The molecule has 0 fully saturated rings. The first kappa shape index (κ1) is 10.1. The Balaban J connectivity index is 3.02. The van der Waals surface area contributed by atoms with Crippen LogP contribution < -0.4 is 0 Å². The number of halogens is 4. The third-order valence-electron chi connectivity index (χ3n) is 1.47. The van der Waals surface area contributed by atoms with Gasteiger partial charge in [-0.05, 0) is 11.6 Å². The van der Waals surface area contributed by atoms with Crippen molar-refractivity contribution in [2.75, 3.05) is 0 Å². The number of rotatable bonds is 2. The predicted molar refractivity (Wildman–Crippen MR) is 51.7 cm³/mol. The minimum absolute atomic E-state index is 0.0478. The van der Waals surface area contributed by atoms with E-state index in [1.165, 1.54) is 12.1 Å². The van der Waals surface area contributed by atoms with E-state index in [1.54, 1.807) is 6.07 Å². The van der Waals surface area contributed by atoms with Crippen LogP contribution in [0.2, 0.25) is 0 Å². The second-order valence-corrected chi connectivity index (χ2v) is 3.70. The van der Waals surface area contributed by atoms with E-state index in [2.05, 4.69) is 31.9 Å². The van der Waals surface area contributed by atoms with Crippen LogP contribution >= 0.6 is 31.9 Å². The molecule has 0 aromatic heterocycles. The first-order valence-corrected chi connectivity index (χ1v) is 5.19. The van der Waals surface area contributed by atoms with E-state index in [0.29, 0.717) is 5.33 Å². The summed E-state index contributed by atoms with van der Waals surface area (Å²) in [7, 11) is 0. The van der Waals surface area contributed by atoms with Crippen LogP contribution in [0.4, 0.5) is 8.78 Å². The maximum absolute atomic E-state index is 12.2. The summed E-state index contributed by atoms with van der Waals surface area (Å²) in [4.78, 5) is 0. The monoisotopic (exact) mass is 298 g/mol. The van der Waals surface area contributed by atoms with Gasteiger partial charge in [-0.1, -0.05) is 44.0 Å². The summed E-state index contributed by atoms with van der Waals surface area (Å²) in [6.07, 6.45) is -2.40. The Hall–Kier alpha value is 0.0400. The molecular formula is C8H6Br2F2. The molecule has 0 unspecified atom stereocenters. The Bertz CT molecular complexity index is 274. The number of benzene rings is 1. The van der Waals surface area contributed by atoms with E-state index >= 15 is 0 Å². The molecule has 0 spiro atoms. The van der Waals surface area contributed by atoms with Crippen molar-refractivity contribution >= 4 is 31.9 Å². The zero-order valence-corrected chi connectivity index (χ0v) is 9.20. The van der Waals surface area contributed by atoms with Crippen LogP contribution in [-0.2, 0) is 5.33 Å². The maximum Gasteiger partial charge on any atom is 0.263 e. The van der Waals surface area contributed by atoms with Gasteiger partial charge in [-0.3, -0.25) is 0 Å². The van der Waals surface area contributed by atoms with E-state index in [-0.39, 0.29) is 5.56 Å². The van der Waals surface area contributed by atoms with Crippen molar-refractivity contribution in [1.82, 2.24) is 0 Å². The van der Waals surface area contributed by atoms with Crippen LogP contribution in [0.3, 0.4) is 0 Å². The predicted octanol–water partition coefficient (Wildman–Crippen LogP) is 4.28. The van der Waals surface area contributed by atoms with Crippen LogP contribution in [0.1, 0.15) is 17.6 Å². The highest BCUT2D eigenvalue weighted by Gasteiger charge is 2.08. The average molecular weight is 300 g/mol. The third kappa shape index (κ3) is 2.26. The fourth-order valence-electron chi connectivity index (χ4n) is 0.808. The van der Waals surface area contributed by atoms with Gasteiger partial charge >= 0.3 is 0 Å². The highest BCUT2D eigenvalue weighted by molar-refractivity contribution is 9.10. The highest BCUT2D eigenvalue weighted by atomic mass is 79.9. The van der Waals surface area contributed by atoms with Crippen molar-refractivity contribution in [2.45, 2.75) is 11.8 Å². The Kier molecular flexibility index (Phi) is 3.65. The van der Waals surface area contributed by atoms with E-state index in [4.69, 9.17) is 0 Å². The molecule has 0 radical (unpaired) electrons. The maximum atomic E-state index is 12.2. The summed E-state index contributed by atoms with van der Waals surface area (Å²) < 4.78 is 25.0. The van der Waals surface area contributed by atoms with Crippen molar-refractivity contribution in [2.24, 2.45) is 0 Å². The standard InChI is InChI=1S/C8H6Br2F2/c9-4-6-2-1-5(8(11)12)3-7(6)10/h1-3,8H,4H2. The number of hydrogen-bond acceptors (Lipinski definition) is 0. The van der Waals surface area contributed by atoms with Crippen LogP contribution in [0.5, 0.6) is 0 Å². The second-order valence-electron chi connectivity index (χ2n) is 2.29. The summed E-state index contributed by atoms with van der Waals surface area (Å²) in [5, 5.41) is 0.664. The van der Waals surface area contributed by atoms with Crippen molar-refractivity contribution in [3.05, 3.63) is 33.8 Å². The van der Waals surface area contributed by atoms with Gasteiger partial charge in [0.1, 0.15) is 0 Å². The molecule has 0 nitrogen and oxygen atoms in total. The molecule has 0 aliphatic heterocycles. The highest BCUT2D eigenvalue weighted by Crippen LogP contribution is 2.26. The van der Waals surface area contributed by atoms with Gasteiger partial charge in [-0.15, -0.1) is 0 Å². The van der Waals surface area contributed by atoms with Crippen LogP contribution in [0.25, 0.3) is 0 Å². The molecule has 4 heteroatoms. The van der Waals surface area contributed by atoms with Crippen molar-refractivity contribution < 1.29 is 8.78 Å². The summed E-state index contributed by atoms with van der Waals surface area (Å²) >= 11 is 6.46. The normalized spacial score (nSPS) is 10.8. The van der Waals surface area contributed by atoms with Gasteiger partial charge in [0.2, 0.25) is 0 Å². The van der Waals surface area contributed by atoms with E-state index in [0.717, 1.165) is 10.0 Å². The van der Waals surface area contributed by atoms with Crippen LogP contribution in [-0.4, -0.2) is 0 Å². The van der Waals surface area contributed by atoms with Crippen molar-refractivity contribution in [3.8, 4) is 0 Å². The summed E-state index contributed by atoms with van der Waals surface area (Å²) in [5.74, 6) is 0. The fraction of sp³-hybridized carbons (Fsp3) is 0.250. The minimum Gasteiger partial charge on any atom is -0.205 e. The fourth-order valence-corrected chi connectivity index (χ4v) is 2.21. The third-order valence-corrected chi connectivity index (χ3v) is 2.82. The molecule has 0 saturated carbocycles. The Morgan fingerprint density at radius 2 is 2.00 bits per heavy atom. The molecular weight excluding hydrogens is 294 g/mol. The SMILES string of the molecule is FC(F)c1ccc(CBr)c(Br)c1. The second kappa shape index (κ2) is 4.33. The van der Waals surface area contributed by atoms with E-state index in [1.807, 2.05) is 0 Å². The molecule has 0 aliphatic carbocycles. The number of alkyl halides is 3. The van der Waals surface area contributed by atoms with Gasteiger partial charge in [0.05, 0.1) is 0 Å². The van der Waals surface area contributed by atoms with Gasteiger partial charge in [0.25, 0.3) is 6.43 Å². The molecule has 12 heavy (non-hydrogen) atoms. The molecule has 0 saturated heterocycles. The topological polar surface area (TPSA) is 0 Å². The summed E-state index contributed by atoms with van der Waals surface area (Å²) in [6, 6.07) is 4.56. The molecule has 1 rings (SSSR count). The molecule has 0 bridgehead atoms. The first-order chi connectivity index (χ1) is 5.65. The number of hydrogen-bond donors (Lipinski definition) is 0. The van der Waals surface area contributed by atoms with Crippen LogP contribution in [0, 0.1) is 0 Å². The molecule has 0 aliphatic rings. The van der Waals surface area contributed by atoms with E-state index < -0.39 is 6.43 Å². The molecule has 1 aromatic rings. The van der Waals surface area contributed by atoms with Gasteiger partial charge < -0.3 is 0 Å². The summed E-state index contributed by atoms with van der Waals surface area (Å²) in [5.41, 5.74) is 1.02. The lowest BCUT2D eigenvalue weighted by atomic mass is 10.2. The Morgan fingerprint density at radius 3 is 2.42 bits per heavy atom. The van der Waals surface area contributed by atoms with Gasteiger partial charge in [0, 0.05) is 15.4 Å². The van der Waals surface area contributed by atoms with Gasteiger partial charge in [-0.25, -0.2) is 8.78 Å². The molecule has 0 atom stereocenters. The summed E-state index contributed by atoms with van der Waals surface area (Å²) in [6.45, 7) is 0. The Labute approximate surface area is 86.2 Å². The first-order valence-electron chi connectivity index (χ1n) is 3.27. The van der Waals surface area contributed by atoms with Gasteiger partial charge in [-0.2, -0.15) is 0 Å². The minimum atomic E-state index is -2.40. The average Bonchev–Trinajstić information content (AvgIpc) is 2.04. The lowest BCUT2D eigenvalue weighted by Gasteiger charge is -2.03. The Morgan fingerprint density at radius 1 is 1.33 bits per heavy atom. The zero-order valence-electron chi connectivity index (χ0n) is 6.03. The van der Waals surface area contributed by atoms with Gasteiger partial charge in [0.15, 0.2) is 0 Å². The van der Waals surface area contributed by atoms with Crippen molar-refractivity contribution in [3.63, 3.8) is 0 Å². The molecule has 66 valence electrons. The quantitative estimate of drug-likeness (QED) is 0.715. The van der Waals surface area contributed by atoms with E-state index in [9.17, 15) is 8.78 Å². The molecule has 1 aromatic carbocycles.